The zero-order valence-electron chi connectivity index (χ0n) is 10.7. The van der Waals surface area contributed by atoms with Crippen molar-refractivity contribution in [3.63, 3.8) is 0 Å². The number of amides is 1. The molecule has 1 amide bonds. The topological polar surface area (TPSA) is 44.1 Å². The SMILES string of the molecule is CCN(Cc1cccs1)C(=O)c1cccc(C#N)c1. The predicted molar refractivity (Wildman–Crippen MR) is 75.9 cm³/mol. The lowest BCUT2D eigenvalue weighted by atomic mass is 10.1. The van der Waals surface area contributed by atoms with E-state index in [2.05, 4.69) is 6.07 Å². The third-order valence-electron chi connectivity index (χ3n) is 2.83. The highest BCUT2D eigenvalue weighted by Gasteiger charge is 2.15. The largest absolute Gasteiger partial charge is 0.334 e. The van der Waals surface area contributed by atoms with E-state index in [4.69, 9.17) is 5.26 Å². The average Bonchev–Trinajstić information content (AvgIpc) is 2.97. The Hall–Kier alpha value is -2.12. The smallest absolute Gasteiger partial charge is 0.254 e. The van der Waals surface area contributed by atoms with Crippen LogP contribution in [-0.4, -0.2) is 17.4 Å². The molecule has 0 bridgehead atoms. The summed E-state index contributed by atoms with van der Waals surface area (Å²) in [7, 11) is 0. The summed E-state index contributed by atoms with van der Waals surface area (Å²) in [6.45, 7) is 3.22. The van der Waals surface area contributed by atoms with Gasteiger partial charge in [-0.25, -0.2) is 0 Å². The van der Waals surface area contributed by atoms with E-state index in [0.717, 1.165) is 4.88 Å². The second-order valence-corrected chi connectivity index (χ2v) is 5.12. The van der Waals surface area contributed by atoms with Gasteiger partial charge >= 0.3 is 0 Å². The lowest BCUT2D eigenvalue weighted by Crippen LogP contribution is -2.30. The van der Waals surface area contributed by atoms with Crippen LogP contribution in [0.2, 0.25) is 0 Å². The molecule has 0 aliphatic rings. The van der Waals surface area contributed by atoms with E-state index in [1.54, 1.807) is 40.5 Å². The molecule has 0 atom stereocenters. The summed E-state index contributed by atoms with van der Waals surface area (Å²) < 4.78 is 0. The Morgan fingerprint density at radius 2 is 2.21 bits per heavy atom. The lowest BCUT2D eigenvalue weighted by molar-refractivity contribution is 0.0754. The summed E-state index contributed by atoms with van der Waals surface area (Å²) in [6, 6.07) is 12.9. The van der Waals surface area contributed by atoms with Crippen LogP contribution in [0, 0.1) is 11.3 Å². The average molecular weight is 270 g/mol. The van der Waals surface area contributed by atoms with Crippen molar-refractivity contribution in [2.24, 2.45) is 0 Å². The number of carbonyl (C=O) groups excluding carboxylic acids is 1. The Morgan fingerprint density at radius 1 is 1.37 bits per heavy atom. The molecule has 1 heterocycles. The van der Waals surface area contributed by atoms with Crippen LogP contribution in [0.3, 0.4) is 0 Å². The van der Waals surface area contributed by atoms with Gasteiger partial charge in [-0.1, -0.05) is 12.1 Å². The molecule has 2 aromatic rings. The van der Waals surface area contributed by atoms with Gasteiger partial charge in [-0.05, 0) is 36.6 Å². The monoisotopic (exact) mass is 270 g/mol. The lowest BCUT2D eigenvalue weighted by Gasteiger charge is -2.20. The number of thiophene rings is 1. The molecule has 3 nitrogen and oxygen atoms in total. The highest BCUT2D eigenvalue weighted by molar-refractivity contribution is 7.09. The second-order valence-electron chi connectivity index (χ2n) is 4.09. The molecular weight excluding hydrogens is 256 g/mol. The number of hydrogen-bond donors (Lipinski definition) is 0. The van der Waals surface area contributed by atoms with Gasteiger partial charge in [-0.2, -0.15) is 5.26 Å². The van der Waals surface area contributed by atoms with Crippen molar-refractivity contribution >= 4 is 17.2 Å². The van der Waals surface area contributed by atoms with E-state index in [1.165, 1.54) is 0 Å². The summed E-state index contributed by atoms with van der Waals surface area (Å²) in [5, 5.41) is 10.9. The normalized spacial score (nSPS) is 9.89. The minimum absolute atomic E-state index is 0.0343. The van der Waals surface area contributed by atoms with Gasteiger partial charge in [0.15, 0.2) is 0 Å². The Labute approximate surface area is 116 Å². The van der Waals surface area contributed by atoms with Crippen molar-refractivity contribution in [2.45, 2.75) is 13.5 Å². The van der Waals surface area contributed by atoms with Crippen molar-refractivity contribution < 1.29 is 4.79 Å². The molecule has 0 N–H and O–H groups in total. The van der Waals surface area contributed by atoms with E-state index < -0.39 is 0 Å². The van der Waals surface area contributed by atoms with E-state index in [0.29, 0.717) is 24.2 Å². The van der Waals surface area contributed by atoms with Crippen LogP contribution in [0.25, 0.3) is 0 Å². The van der Waals surface area contributed by atoms with E-state index in [-0.39, 0.29) is 5.91 Å². The number of benzene rings is 1. The summed E-state index contributed by atoms with van der Waals surface area (Å²) in [5.74, 6) is -0.0343. The van der Waals surface area contributed by atoms with Crippen LogP contribution in [0.15, 0.2) is 41.8 Å². The molecule has 0 fully saturated rings. The van der Waals surface area contributed by atoms with Crippen LogP contribution in [0.1, 0.15) is 27.7 Å². The molecule has 19 heavy (non-hydrogen) atoms. The molecule has 0 saturated heterocycles. The van der Waals surface area contributed by atoms with Gasteiger partial charge in [0.25, 0.3) is 5.91 Å². The minimum atomic E-state index is -0.0343. The van der Waals surface area contributed by atoms with Crippen LogP contribution in [0.4, 0.5) is 0 Å². The minimum Gasteiger partial charge on any atom is -0.334 e. The molecule has 0 aliphatic heterocycles. The van der Waals surface area contributed by atoms with Gasteiger partial charge in [-0.3, -0.25) is 4.79 Å². The zero-order chi connectivity index (χ0) is 13.7. The van der Waals surface area contributed by atoms with E-state index in [1.807, 2.05) is 24.4 Å². The van der Waals surface area contributed by atoms with Crippen LogP contribution in [-0.2, 0) is 6.54 Å². The van der Waals surface area contributed by atoms with Crippen molar-refractivity contribution in [1.29, 1.82) is 5.26 Å². The summed E-state index contributed by atoms with van der Waals surface area (Å²) >= 11 is 1.64. The first-order valence-electron chi connectivity index (χ1n) is 6.06. The first kappa shape index (κ1) is 13.3. The summed E-state index contributed by atoms with van der Waals surface area (Å²) in [5.41, 5.74) is 1.08. The van der Waals surface area contributed by atoms with Gasteiger partial charge in [0.2, 0.25) is 0 Å². The third kappa shape index (κ3) is 3.21. The third-order valence-corrected chi connectivity index (χ3v) is 3.70. The molecular formula is C15H14N2OS. The number of nitrogens with zero attached hydrogens (tertiary/aromatic N) is 2. The predicted octanol–water partition coefficient (Wildman–Crippen LogP) is 3.28. The van der Waals surface area contributed by atoms with Gasteiger partial charge in [-0.15, -0.1) is 11.3 Å². The van der Waals surface area contributed by atoms with Gasteiger partial charge in [0, 0.05) is 17.0 Å². The Balaban J connectivity index is 2.18. The first-order valence-corrected chi connectivity index (χ1v) is 6.94. The van der Waals surface area contributed by atoms with Crippen molar-refractivity contribution in [2.75, 3.05) is 6.54 Å². The van der Waals surface area contributed by atoms with Gasteiger partial charge in [0.05, 0.1) is 18.2 Å². The number of nitriles is 1. The summed E-state index contributed by atoms with van der Waals surface area (Å²) in [4.78, 5) is 15.3. The molecule has 4 heteroatoms. The molecule has 96 valence electrons. The van der Waals surface area contributed by atoms with Crippen molar-refractivity contribution in [3.8, 4) is 6.07 Å². The van der Waals surface area contributed by atoms with E-state index in [9.17, 15) is 4.79 Å². The number of hydrogen-bond acceptors (Lipinski definition) is 3. The molecule has 0 radical (unpaired) electrons. The molecule has 1 aromatic carbocycles. The Kier molecular flexibility index (Phi) is 4.32. The standard InChI is InChI=1S/C15H14N2OS/c1-2-17(11-14-7-4-8-19-14)15(18)13-6-3-5-12(9-13)10-16/h3-9H,2,11H2,1H3. The Morgan fingerprint density at radius 3 is 2.84 bits per heavy atom. The van der Waals surface area contributed by atoms with Crippen LogP contribution >= 0.6 is 11.3 Å². The maximum atomic E-state index is 12.4. The quantitative estimate of drug-likeness (QED) is 0.855. The highest BCUT2D eigenvalue weighted by atomic mass is 32.1. The van der Waals surface area contributed by atoms with E-state index >= 15 is 0 Å². The van der Waals surface area contributed by atoms with Crippen molar-refractivity contribution in [3.05, 3.63) is 57.8 Å². The fourth-order valence-corrected chi connectivity index (χ4v) is 2.54. The fraction of sp³-hybridized carbons (Fsp3) is 0.200. The molecule has 1 aromatic heterocycles. The maximum absolute atomic E-state index is 12.4. The molecule has 2 rings (SSSR count). The molecule has 0 aliphatic carbocycles. The fourth-order valence-electron chi connectivity index (χ4n) is 1.82. The van der Waals surface area contributed by atoms with Crippen LogP contribution < -0.4 is 0 Å². The van der Waals surface area contributed by atoms with Crippen LogP contribution in [0.5, 0.6) is 0 Å². The molecule has 0 saturated carbocycles. The Bertz CT molecular complexity index is 599. The maximum Gasteiger partial charge on any atom is 0.254 e. The zero-order valence-corrected chi connectivity index (χ0v) is 11.5. The molecule has 0 unspecified atom stereocenters. The second kappa shape index (κ2) is 6.17. The first-order chi connectivity index (χ1) is 9.24. The summed E-state index contributed by atoms with van der Waals surface area (Å²) in [6.07, 6.45) is 0. The number of rotatable bonds is 4. The van der Waals surface area contributed by atoms with Crippen molar-refractivity contribution in [1.82, 2.24) is 4.90 Å². The van der Waals surface area contributed by atoms with Gasteiger partial charge in [0.1, 0.15) is 0 Å². The van der Waals surface area contributed by atoms with Gasteiger partial charge < -0.3 is 4.90 Å². The highest BCUT2D eigenvalue weighted by Crippen LogP contribution is 2.15. The number of carbonyl (C=O) groups is 1. The molecule has 0 spiro atoms.